The molecule has 1 aromatic rings. The van der Waals surface area contributed by atoms with Gasteiger partial charge in [0, 0.05) is 5.56 Å². The van der Waals surface area contributed by atoms with E-state index in [-0.39, 0.29) is 5.41 Å². The van der Waals surface area contributed by atoms with Crippen LogP contribution in [0, 0.1) is 0 Å². The van der Waals surface area contributed by atoms with E-state index in [4.69, 9.17) is 4.74 Å². The number of benzene rings is 1. The van der Waals surface area contributed by atoms with Gasteiger partial charge in [0.05, 0.1) is 0 Å². The van der Waals surface area contributed by atoms with Gasteiger partial charge in [-0.2, -0.15) is 0 Å². The van der Waals surface area contributed by atoms with E-state index < -0.39 is 0 Å². The van der Waals surface area contributed by atoms with Crippen molar-refractivity contribution < 1.29 is 9.84 Å². The maximum atomic E-state index is 10.2. The highest BCUT2D eigenvalue weighted by molar-refractivity contribution is 5.49. The van der Waals surface area contributed by atoms with Crippen LogP contribution in [-0.4, -0.2) is 11.7 Å². The van der Waals surface area contributed by atoms with Gasteiger partial charge < -0.3 is 9.84 Å². The second-order valence-electron chi connectivity index (χ2n) is 5.18. The zero-order chi connectivity index (χ0) is 13.1. The summed E-state index contributed by atoms with van der Waals surface area (Å²) in [5, 5.41) is 10.2. The summed E-state index contributed by atoms with van der Waals surface area (Å²) >= 11 is 0. The van der Waals surface area contributed by atoms with Crippen LogP contribution in [0.5, 0.6) is 11.5 Å². The standard InChI is InChI=1S/C15H22O2/c1-6-8-17-12-9-11(7-2)14(16)13(10-12)15(3,4)5/h6,9-10,16H,1,7-8H2,2-5H3. The first-order valence-electron chi connectivity index (χ1n) is 6.00. The first-order valence-corrected chi connectivity index (χ1v) is 6.00. The average molecular weight is 234 g/mol. The summed E-state index contributed by atoms with van der Waals surface area (Å²) in [5.41, 5.74) is 1.76. The van der Waals surface area contributed by atoms with Gasteiger partial charge in [-0.15, -0.1) is 0 Å². The molecule has 0 fully saturated rings. The molecule has 0 amide bonds. The van der Waals surface area contributed by atoms with Crippen molar-refractivity contribution in [2.24, 2.45) is 0 Å². The van der Waals surface area contributed by atoms with Crippen LogP contribution in [0.3, 0.4) is 0 Å². The second-order valence-corrected chi connectivity index (χ2v) is 5.18. The van der Waals surface area contributed by atoms with Gasteiger partial charge in [0.15, 0.2) is 0 Å². The molecule has 0 aromatic heterocycles. The summed E-state index contributed by atoms with van der Waals surface area (Å²) in [5.74, 6) is 1.19. The van der Waals surface area contributed by atoms with Crippen LogP contribution < -0.4 is 4.74 Å². The van der Waals surface area contributed by atoms with E-state index in [1.807, 2.05) is 19.1 Å². The molecule has 0 radical (unpaired) electrons. The number of ether oxygens (including phenoxy) is 1. The van der Waals surface area contributed by atoms with Crippen LogP contribution in [0.4, 0.5) is 0 Å². The van der Waals surface area contributed by atoms with E-state index in [2.05, 4.69) is 27.4 Å². The van der Waals surface area contributed by atoms with Gasteiger partial charge in [-0.05, 0) is 29.5 Å². The second kappa shape index (κ2) is 5.26. The fraction of sp³-hybridized carbons (Fsp3) is 0.467. The summed E-state index contributed by atoms with van der Waals surface area (Å²) in [6, 6.07) is 3.81. The van der Waals surface area contributed by atoms with Crippen LogP contribution in [0.15, 0.2) is 24.8 Å². The van der Waals surface area contributed by atoms with Crippen molar-refractivity contribution in [3.05, 3.63) is 35.9 Å². The molecule has 0 heterocycles. The number of aromatic hydroxyl groups is 1. The highest BCUT2D eigenvalue weighted by atomic mass is 16.5. The van der Waals surface area contributed by atoms with Gasteiger partial charge in [0.25, 0.3) is 0 Å². The molecule has 0 atom stereocenters. The van der Waals surface area contributed by atoms with E-state index in [9.17, 15) is 5.11 Å². The molecule has 94 valence electrons. The van der Waals surface area contributed by atoms with Crippen molar-refractivity contribution in [1.29, 1.82) is 0 Å². The Kier molecular flexibility index (Phi) is 4.22. The highest BCUT2D eigenvalue weighted by Gasteiger charge is 2.21. The molecule has 0 bridgehead atoms. The smallest absolute Gasteiger partial charge is 0.122 e. The predicted octanol–water partition coefficient (Wildman–Crippen LogP) is 3.82. The quantitative estimate of drug-likeness (QED) is 0.803. The molecule has 1 aromatic carbocycles. The average Bonchev–Trinajstić information content (AvgIpc) is 2.26. The molecule has 0 spiro atoms. The molecule has 1 rings (SSSR count). The first-order chi connectivity index (χ1) is 7.90. The van der Waals surface area contributed by atoms with E-state index in [0.717, 1.165) is 23.3 Å². The minimum atomic E-state index is -0.0957. The van der Waals surface area contributed by atoms with E-state index in [1.54, 1.807) is 6.08 Å². The summed E-state index contributed by atoms with van der Waals surface area (Å²) in [6.07, 6.45) is 2.51. The summed E-state index contributed by atoms with van der Waals surface area (Å²) in [6.45, 7) is 12.4. The van der Waals surface area contributed by atoms with Gasteiger partial charge in [0.1, 0.15) is 18.1 Å². The van der Waals surface area contributed by atoms with Crippen LogP contribution >= 0.6 is 0 Å². The number of phenolic OH excluding ortho intramolecular Hbond substituents is 1. The van der Waals surface area contributed by atoms with Gasteiger partial charge in [-0.25, -0.2) is 0 Å². The Morgan fingerprint density at radius 3 is 2.47 bits per heavy atom. The van der Waals surface area contributed by atoms with E-state index in [0.29, 0.717) is 12.4 Å². The molecule has 0 saturated heterocycles. The molecular formula is C15H22O2. The summed E-state index contributed by atoms with van der Waals surface area (Å²) in [7, 11) is 0. The number of aryl methyl sites for hydroxylation is 1. The number of hydrogen-bond donors (Lipinski definition) is 1. The summed E-state index contributed by atoms with van der Waals surface area (Å²) < 4.78 is 5.56. The van der Waals surface area contributed by atoms with E-state index in [1.165, 1.54) is 0 Å². The molecule has 1 N–H and O–H groups in total. The Balaban J connectivity index is 3.23. The molecular weight excluding hydrogens is 212 g/mol. The Bertz CT molecular complexity index is 400. The lowest BCUT2D eigenvalue weighted by molar-refractivity contribution is 0.358. The Morgan fingerprint density at radius 1 is 1.35 bits per heavy atom. The molecule has 2 nitrogen and oxygen atoms in total. The van der Waals surface area contributed by atoms with Crippen molar-refractivity contribution >= 4 is 0 Å². The lowest BCUT2D eigenvalue weighted by Crippen LogP contribution is -2.12. The number of phenols is 1. The minimum Gasteiger partial charge on any atom is -0.507 e. The molecule has 0 unspecified atom stereocenters. The molecule has 17 heavy (non-hydrogen) atoms. The first kappa shape index (κ1) is 13.6. The number of hydrogen-bond acceptors (Lipinski definition) is 2. The third-order valence-corrected chi connectivity index (χ3v) is 2.72. The van der Waals surface area contributed by atoms with Crippen LogP contribution in [-0.2, 0) is 11.8 Å². The van der Waals surface area contributed by atoms with Crippen molar-refractivity contribution in [3.63, 3.8) is 0 Å². The fourth-order valence-corrected chi connectivity index (χ4v) is 1.75. The fourth-order valence-electron chi connectivity index (χ4n) is 1.75. The Morgan fingerprint density at radius 2 is 2.00 bits per heavy atom. The van der Waals surface area contributed by atoms with Gasteiger partial charge >= 0.3 is 0 Å². The SMILES string of the molecule is C=CCOc1cc(CC)c(O)c(C(C)(C)C)c1. The van der Waals surface area contributed by atoms with Crippen molar-refractivity contribution in [2.45, 2.75) is 39.5 Å². The molecule has 0 saturated carbocycles. The maximum Gasteiger partial charge on any atom is 0.122 e. The number of rotatable bonds is 4. The van der Waals surface area contributed by atoms with Crippen molar-refractivity contribution in [3.8, 4) is 11.5 Å². The topological polar surface area (TPSA) is 29.5 Å². The van der Waals surface area contributed by atoms with Crippen LogP contribution in [0.2, 0.25) is 0 Å². The minimum absolute atomic E-state index is 0.0957. The van der Waals surface area contributed by atoms with Crippen molar-refractivity contribution in [2.75, 3.05) is 6.61 Å². The zero-order valence-corrected chi connectivity index (χ0v) is 11.2. The van der Waals surface area contributed by atoms with E-state index >= 15 is 0 Å². The third-order valence-electron chi connectivity index (χ3n) is 2.72. The molecule has 0 aliphatic heterocycles. The normalized spacial score (nSPS) is 11.3. The van der Waals surface area contributed by atoms with Crippen LogP contribution in [0.1, 0.15) is 38.8 Å². The lowest BCUT2D eigenvalue weighted by Gasteiger charge is -2.23. The Hall–Kier alpha value is -1.44. The van der Waals surface area contributed by atoms with Gasteiger partial charge in [-0.3, -0.25) is 0 Å². The lowest BCUT2D eigenvalue weighted by atomic mass is 9.84. The maximum absolute atomic E-state index is 10.2. The van der Waals surface area contributed by atoms with Crippen LogP contribution in [0.25, 0.3) is 0 Å². The van der Waals surface area contributed by atoms with Gasteiger partial charge in [0.2, 0.25) is 0 Å². The third kappa shape index (κ3) is 3.26. The Labute approximate surface area is 104 Å². The largest absolute Gasteiger partial charge is 0.507 e. The molecule has 0 aliphatic carbocycles. The molecule has 2 heteroatoms. The molecule has 0 aliphatic rings. The van der Waals surface area contributed by atoms with Crippen molar-refractivity contribution in [1.82, 2.24) is 0 Å². The summed E-state index contributed by atoms with van der Waals surface area (Å²) in [4.78, 5) is 0. The predicted molar refractivity (Wildman–Crippen MR) is 71.9 cm³/mol. The highest BCUT2D eigenvalue weighted by Crippen LogP contribution is 2.36. The zero-order valence-electron chi connectivity index (χ0n) is 11.2. The van der Waals surface area contributed by atoms with Gasteiger partial charge in [-0.1, -0.05) is 40.3 Å². The monoisotopic (exact) mass is 234 g/mol.